The number of hydrogen-bond donors (Lipinski definition) is 1. The molecule has 0 bridgehead atoms. The van der Waals surface area contributed by atoms with Crippen molar-refractivity contribution in [3.8, 4) is 0 Å². The van der Waals surface area contributed by atoms with E-state index in [4.69, 9.17) is 9.47 Å². The molecule has 0 saturated heterocycles. The smallest absolute Gasteiger partial charge is 0.337 e. The van der Waals surface area contributed by atoms with Crippen molar-refractivity contribution in [1.29, 1.82) is 0 Å². The summed E-state index contributed by atoms with van der Waals surface area (Å²) >= 11 is 0. The van der Waals surface area contributed by atoms with Crippen molar-refractivity contribution in [1.82, 2.24) is 5.32 Å². The molecule has 188 valence electrons. The van der Waals surface area contributed by atoms with Crippen molar-refractivity contribution in [2.24, 2.45) is 0 Å². The third-order valence-electron chi connectivity index (χ3n) is 6.04. The molecule has 0 radical (unpaired) electrons. The van der Waals surface area contributed by atoms with Crippen molar-refractivity contribution in [2.45, 2.75) is 33.0 Å². The normalized spacial score (nSPS) is 13.7. The average molecular weight is 499 g/mol. The van der Waals surface area contributed by atoms with Crippen LogP contribution in [-0.2, 0) is 32.3 Å². The average Bonchev–Trinajstić information content (AvgIpc) is 2.91. The number of nitro benzene ring substituents is 1. The van der Waals surface area contributed by atoms with Crippen LogP contribution in [-0.4, -0.2) is 16.9 Å². The van der Waals surface area contributed by atoms with Crippen LogP contribution in [0.1, 0.15) is 36.5 Å². The van der Waals surface area contributed by atoms with Crippen molar-refractivity contribution < 1.29 is 24.0 Å². The first-order valence-corrected chi connectivity index (χ1v) is 11.7. The van der Waals surface area contributed by atoms with E-state index < -0.39 is 22.8 Å². The minimum atomic E-state index is -0.923. The van der Waals surface area contributed by atoms with Gasteiger partial charge in [-0.1, -0.05) is 72.8 Å². The van der Waals surface area contributed by atoms with Gasteiger partial charge < -0.3 is 14.8 Å². The molecule has 0 unspecified atom stereocenters. The Hall–Kier alpha value is -4.72. The van der Waals surface area contributed by atoms with Crippen LogP contribution < -0.4 is 5.32 Å². The molecule has 1 aliphatic rings. The molecule has 0 saturated carbocycles. The summed E-state index contributed by atoms with van der Waals surface area (Å²) < 4.78 is 11.2. The predicted molar refractivity (Wildman–Crippen MR) is 137 cm³/mol. The van der Waals surface area contributed by atoms with Gasteiger partial charge in [0.1, 0.15) is 13.2 Å². The minimum Gasteiger partial charge on any atom is -0.457 e. The van der Waals surface area contributed by atoms with E-state index in [-0.39, 0.29) is 30.0 Å². The quantitative estimate of drug-likeness (QED) is 0.254. The molecule has 1 N–H and O–H groups in total. The van der Waals surface area contributed by atoms with Gasteiger partial charge in [-0.05, 0) is 30.5 Å². The number of esters is 2. The van der Waals surface area contributed by atoms with E-state index in [1.54, 1.807) is 19.9 Å². The third-order valence-corrected chi connectivity index (χ3v) is 6.04. The second kappa shape index (κ2) is 11.3. The van der Waals surface area contributed by atoms with Crippen LogP contribution in [0.2, 0.25) is 0 Å². The van der Waals surface area contributed by atoms with E-state index in [2.05, 4.69) is 5.32 Å². The highest BCUT2D eigenvalue weighted by molar-refractivity contribution is 6.00. The van der Waals surface area contributed by atoms with E-state index in [1.807, 2.05) is 60.7 Å². The Morgan fingerprint density at radius 2 is 1.27 bits per heavy atom. The number of dihydropyridines is 1. The fourth-order valence-electron chi connectivity index (χ4n) is 4.29. The van der Waals surface area contributed by atoms with Gasteiger partial charge in [-0.25, -0.2) is 9.59 Å². The summed E-state index contributed by atoms with van der Waals surface area (Å²) in [5.41, 5.74) is 3.23. The van der Waals surface area contributed by atoms with Gasteiger partial charge >= 0.3 is 11.9 Å². The number of non-ortho nitro benzene ring substituents is 1. The summed E-state index contributed by atoms with van der Waals surface area (Å²) in [4.78, 5) is 37.8. The lowest BCUT2D eigenvalue weighted by Gasteiger charge is -2.30. The number of nitrogens with zero attached hydrogens (tertiary/aromatic N) is 1. The molecule has 1 aliphatic heterocycles. The number of nitrogens with one attached hydrogen (secondary N) is 1. The molecule has 0 aliphatic carbocycles. The van der Waals surface area contributed by atoms with E-state index in [0.29, 0.717) is 17.0 Å². The van der Waals surface area contributed by atoms with Crippen LogP contribution in [0.3, 0.4) is 0 Å². The molecule has 0 atom stereocenters. The number of hydrogen-bond acceptors (Lipinski definition) is 7. The zero-order valence-electron chi connectivity index (χ0n) is 20.5. The van der Waals surface area contributed by atoms with E-state index in [1.165, 1.54) is 18.2 Å². The molecular weight excluding hydrogens is 472 g/mol. The van der Waals surface area contributed by atoms with E-state index in [0.717, 1.165) is 11.1 Å². The molecular formula is C29H26N2O6. The number of benzene rings is 3. The van der Waals surface area contributed by atoms with Crippen molar-refractivity contribution in [2.75, 3.05) is 0 Å². The molecule has 8 heteroatoms. The van der Waals surface area contributed by atoms with Crippen molar-refractivity contribution in [3.05, 3.63) is 134 Å². The van der Waals surface area contributed by atoms with Gasteiger partial charge in [0.15, 0.2) is 0 Å². The fraction of sp³-hybridized carbons (Fsp3) is 0.172. The Labute approximate surface area is 214 Å². The molecule has 8 nitrogen and oxygen atoms in total. The van der Waals surface area contributed by atoms with Gasteiger partial charge in [-0.2, -0.15) is 0 Å². The Bertz CT molecular complexity index is 1300. The standard InChI is InChI=1S/C29H26N2O6/c1-19-25(28(32)36-17-21-10-5-3-6-11-21)27(23-14-9-15-24(16-23)31(34)35)26(20(2)30-19)29(33)37-18-22-12-7-4-8-13-22/h3-16,27,30H,17-18H2,1-2H3. The van der Waals surface area contributed by atoms with Crippen molar-refractivity contribution >= 4 is 17.6 Å². The lowest BCUT2D eigenvalue weighted by atomic mass is 9.80. The first kappa shape index (κ1) is 25.4. The van der Waals surface area contributed by atoms with Crippen LogP contribution in [0.4, 0.5) is 5.69 Å². The predicted octanol–water partition coefficient (Wildman–Crippen LogP) is 5.32. The summed E-state index contributed by atoms with van der Waals surface area (Å²) in [6, 6.07) is 24.3. The number of ether oxygens (including phenoxy) is 2. The fourth-order valence-corrected chi connectivity index (χ4v) is 4.29. The van der Waals surface area contributed by atoms with Crippen LogP contribution in [0, 0.1) is 10.1 Å². The number of carbonyl (C=O) groups excluding carboxylic acids is 2. The van der Waals surface area contributed by atoms with E-state index >= 15 is 0 Å². The van der Waals surface area contributed by atoms with Gasteiger partial charge in [0.25, 0.3) is 5.69 Å². The topological polar surface area (TPSA) is 108 Å². The summed E-state index contributed by atoms with van der Waals surface area (Å²) in [7, 11) is 0. The number of rotatable bonds is 8. The van der Waals surface area contributed by atoms with Gasteiger partial charge in [0, 0.05) is 23.5 Å². The van der Waals surface area contributed by atoms with Gasteiger partial charge in [0.05, 0.1) is 22.0 Å². The molecule has 4 rings (SSSR count). The molecule has 37 heavy (non-hydrogen) atoms. The Kier molecular flexibility index (Phi) is 7.78. The molecule has 0 aromatic heterocycles. The third kappa shape index (κ3) is 5.92. The largest absolute Gasteiger partial charge is 0.457 e. The van der Waals surface area contributed by atoms with Crippen LogP contribution in [0.25, 0.3) is 0 Å². The van der Waals surface area contributed by atoms with Crippen LogP contribution in [0.15, 0.2) is 107 Å². The number of nitro groups is 1. The highest BCUT2D eigenvalue weighted by atomic mass is 16.6. The first-order valence-electron chi connectivity index (χ1n) is 11.7. The summed E-state index contributed by atoms with van der Waals surface area (Å²) in [6.45, 7) is 3.49. The highest BCUT2D eigenvalue weighted by Crippen LogP contribution is 2.40. The van der Waals surface area contributed by atoms with Gasteiger partial charge in [-0.15, -0.1) is 0 Å². The highest BCUT2D eigenvalue weighted by Gasteiger charge is 2.38. The Morgan fingerprint density at radius 3 is 1.73 bits per heavy atom. The SMILES string of the molecule is CC1=C(C(=O)OCc2ccccc2)C(c2cccc([N+](=O)[O-])c2)C(C(=O)OCc2ccccc2)=C(C)N1. The lowest BCUT2D eigenvalue weighted by molar-refractivity contribution is -0.384. The van der Waals surface area contributed by atoms with E-state index in [9.17, 15) is 19.7 Å². The van der Waals surface area contributed by atoms with Crippen molar-refractivity contribution in [3.63, 3.8) is 0 Å². The molecule has 3 aromatic rings. The minimum absolute atomic E-state index is 0.0363. The van der Waals surface area contributed by atoms with Gasteiger partial charge in [0.2, 0.25) is 0 Å². The summed E-state index contributed by atoms with van der Waals surface area (Å²) in [5, 5.41) is 14.6. The molecule has 0 amide bonds. The molecule has 1 heterocycles. The Morgan fingerprint density at radius 1 is 0.784 bits per heavy atom. The zero-order chi connectivity index (χ0) is 26.4. The maximum Gasteiger partial charge on any atom is 0.337 e. The molecule has 0 spiro atoms. The second-order valence-corrected chi connectivity index (χ2v) is 8.61. The molecule has 0 fully saturated rings. The summed E-state index contributed by atoms with van der Waals surface area (Å²) in [6.07, 6.45) is 0. The van der Waals surface area contributed by atoms with Gasteiger partial charge in [-0.3, -0.25) is 10.1 Å². The monoisotopic (exact) mass is 498 g/mol. The Balaban J connectivity index is 1.70. The van der Waals surface area contributed by atoms with Crippen LogP contribution in [0.5, 0.6) is 0 Å². The first-order chi connectivity index (χ1) is 17.8. The second-order valence-electron chi connectivity index (χ2n) is 8.61. The maximum absolute atomic E-state index is 13.4. The lowest BCUT2D eigenvalue weighted by Crippen LogP contribution is -2.32. The number of carbonyl (C=O) groups is 2. The molecule has 3 aromatic carbocycles. The summed E-state index contributed by atoms with van der Waals surface area (Å²) in [5.74, 6) is -2.19. The number of allylic oxidation sites excluding steroid dienone is 2. The maximum atomic E-state index is 13.4. The zero-order valence-corrected chi connectivity index (χ0v) is 20.5. The van der Waals surface area contributed by atoms with Crippen LogP contribution >= 0.6 is 0 Å².